The van der Waals surface area contributed by atoms with Crippen LogP contribution < -0.4 is 5.32 Å². The molecule has 0 saturated heterocycles. The monoisotopic (exact) mass is 944 g/mol. The molecule has 4 N–H and O–H groups in total. The molecule has 0 bridgehead atoms. The van der Waals surface area contributed by atoms with E-state index in [0.717, 1.165) is 96.3 Å². The number of carbonyl (C=O) groups excluding carboxylic acids is 2. The Morgan fingerprint density at radius 2 is 0.879 bits per heavy atom. The normalized spacial score (nSPS) is 14.4. The first kappa shape index (κ1) is 62.4. The van der Waals surface area contributed by atoms with E-state index in [2.05, 4.69) is 116 Å². The Morgan fingerprint density at radius 1 is 0.500 bits per heavy atom. The van der Waals surface area contributed by atoms with Crippen molar-refractivity contribution in [2.45, 2.75) is 206 Å². The zero-order valence-corrected chi connectivity index (χ0v) is 41.9. The van der Waals surface area contributed by atoms with Crippen molar-refractivity contribution in [2.24, 2.45) is 0 Å². The lowest BCUT2D eigenvalue weighted by Gasteiger charge is -2.18. The molecule has 11 nitrogen and oxygen atoms in total. The van der Waals surface area contributed by atoms with Gasteiger partial charge in [-0.1, -0.05) is 182 Å². The SMILES string of the molecule is CC/C=C\C/C=C\C/C=C\C/C=C\C/C=C\C/C=C\CCCCCCC(=O)NC(COP(=O)(O)OCC(O)COC(=O)CCCCCCCCCCC/C=C\C/C=C\CCCCC)C(=O)O. The van der Waals surface area contributed by atoms with Gasteiger partial charge in [-0.15, -0.1) is 0 Å². The van der Waals surface area contributed by atoms with E-state index in [4.69, 9.17) is 13.8 Å². The van der Waals surface area contributed by atoms with Crippen molar-refractivity contribution >= 4 is 25.7 Å². The molecule has 0 aromatic rings. The van der Waals surface area contributed by atoms with E-state index in [1.807, 2.05) is 0 Å². The smallest absolute Gasteiger partial charge is 0.472 e. The number of esters is 1. The van der Waals surface area contributed by atoms with Crippen LogP contribution in [0.25, 0.3) is 0 Å². The maximum atomic E-state index is 12.4. The number of ether oxygens (including phenoxy) is 1. The van der Waals surface area contributed by atoms with Crippen LogP contribution in [0.5, 0.6) is 0 Å². The number of carbonyl (C=O) groups is 3. The van der Waals surface area contributed by atoms with E-state index >= 15 is 0 Å². The van der Waals surface area contributed by atoms with E-state index in [0.29, 0.717) is 12.8 Å². The van der Waals surface area contributed by atoms with Gasteiger partial charge >= 0.3 is 19.8 Å². The average molecular weight is 944 g/mol. The number of phosphoric ester groups is 1. The molecule has 376 valence electrons. The fraction of sp³-hybridized carbons (Fsp3) is 0.648. The minimum Gasteiger partial charge on any atom is -0.480 e. The summed E-state index contributed by atoms with van der Waals surface area (Å²) < 4.78 is 26.9. The summed E-state index contributed by atoms with van der Waals surface area (Å²) in [6.45, 7) is 2.44. The molecule has 0 aromatic carbocycles. The predicted molar refractivity (Wildman–Crippen MR) is 272 cm³/mol. The summed E-state index contributed by atoms with van der Waals surface area (Å²) in [7, 11) is -4.78. The second kappa shape index (κ2) is 47.9. The summed E-state index contributed by atoms with van der Waals surface area (Å²) in [5.74, 6) is -2.42. The molecule has 0 aliphatic rings. The van der Waals surface area contributed by atoms with Crippen molar-refractivity contribution in [1.82, 2.24) is 5.32 Å². The number of allylic oxidation sites excluding steroid dienone is 16. The van der Waals surface area contributed by atoms with Gasteiger partial charge < -0.3 is 25.2 Å². The van der Waals surface area contributed by atoms with Crippen LogP contribution in [0.1, 0.15) is 194 Å². The number of aliphatic carboxylic acids is 1. The number of rotatable bonds is 46. The molecule has 0 saturated carbocycles. The number of phosphoric acid groups is 1. The number of nitrogens with one attached hydrogen (secondary N) is 1. The second-order valence-corrected chi connectivity index (χ2v) is 18.1. The van der Waals surface area contributed by atoms with Gasteiger partial charge in [-0.05, 0) is 96.3 Å². The van der Waals surface area contributed by atoms with Crippen LogP contribution in [0.3, 0.4) is 0 Å². The largest absolute Gasteiger partial charge is 0.480 e. The Hall–Kier alpha value is -3.60. The number of amides is 1. The highest BCUT2D eigenvalue weighted by atomic mass is 31.2. The van der Waals surface area contributed by atoms with Gasteiger partial charge in [-0.2, -0.15) is 0 Å². The van der Waals surface area contributed by atoms with Gasteiger partial charge in [0.2, 0.25) is 5.91 Å². The number of unbranched alkanes of at least 4 members (excludes halogenated alkanes) is 16. The highest BCUT2D eigenvalue weighted by molar-refractivity contribution is 7.47. The number of carboxylic acid groups (broad SMARTS) is 1. The lowest BCUT2D eigenvalue weighted by atomic mass is 10.1. The van der Waals surface area contributed by atoms with Gasteiger partial charge in [0.25, 0.3) is 0 Å². The van der Waals surface area contributed by atoms with Crippen molar-refractivity contribution in [3.8, 4) is 0 Å². The fourth-order valence-corrected chi connectivity index (χ4v) is 7.24. The molecule has 0 heterocycles. The number of carboxylic acids is 1. The summed E-state index contributed by atoms with van der Waals surface area (Å²) >= 11 is 0. The summed E-state index contributed by atoms with van der Waals surface area (Å²) in [5, 5.41) is 21.9. The van der Waals surface area contributed by atoms with Gasteiger partial charge in [0.1, 0.15) is 12.7 Å². The van der Waals surface area contributed by atoms with E-state index in [-0.39, 0.29) is 12.8 Å². The predicted octanol–water partition coefficient (Wildman–Crippen LogP) is 14.0. The number of aliphatic hydroxyl groups is 1. The molecule has 0 spiro atoms. The molecule has 0 radical (unpaired) electrons. The zero-order valence-electron chi connectivity index (χ0n) is 41.0. The molecule has 0 rings (SSSR count). The van der Waals surface area contributed by atoms with E-state index in [1.165, 1.54) is 57.8 Å². The van der Waals surface area contributed by atoms with Crippen LogP contribution in [0, 0.1) is 0 Å². The molecule has 3 unspecified atom stereocenters. The molecule has 66 heavy (non-hydrogen) atoms. The van der Waals surface area contributed by atoms with Crippen LogP contribution in [-0.2, 0) is 32.7 Å². The zero-order chi connectivity index (χ0) is 48.4. The van der Waals surface area contributed by atoms with Crippen molar-refractivity contribution in [1.29, 1.82) is 0 Å². The topological polar surface area (TPSA) is 169 Å². The lowest BCUT2D eigenvalue weighted by Crippen LogP contribution is -2.43. The Kier molecular flexibility index (Phi) is 45.3. The standard InChI is InChI=1S/C54H90NO10P/c1-3-5-7-9-11-13-15-17-19-21-23-24-25-26-28-29-31-33-35-37-39-41-43-45-52(57)55-51(54(59)60)49-65-66(61,62)64-48-50(56)47-63-53(58)46-44-42-40-38-36-34-32-30-27-22-20-18-16-14-12-10-8-6-4-2/h5,7,11-14,17-20,23-24,26,28,31,33,50-51,56H,3-4,6,8-10,15-16,21-22,25,27,29-30,32,34-49H2,1-2H3,(H,55,57)(H,59,60)(H,61,62)/b7-5-,13-11-,14-12-,19-17-,20-18-,24-23-,28-26-,33-31-. The van der Waals surface area contributed by atoms with Crippen LogP contribution >= 0.6 is 7.82 Å². The molecule has 12 heteroatoms. The Morgan fingerprint density at radius 3 is 1.32 bits per heavy atom. The van der Waals surface area contributed by atoms with Crippen molar-refractivity contribution < 1.29 is 47.8 Å². The molecular weight excluding hydrogens is 854 g/mol. The van der Waals surface area contributed by atoms with Crippen molar-refractivity contribution in [3.05, 3.63) is 97.2 Å². The number of hydrogen-bond acceptors (Lipinski definition) is 8. The quantitative estimate of drug-likeness (QED) is 0.0199. The third-order valence-corrected chi connectivity index (χ3v) is 11.3. The van der Waals surface area contributed by atoms with Gasteiger partial charge in [0.05, 0.1) is 13.2 Å². The van der Waals surface area contributed by atoms with Gasteiger partial charge in [0, 0.05) is 12.8 Å². The minimum absolute atomic E-state index is 0.110. The first-order chi connectivity index (χ1) is 32.1. The highest BCUT2D eigenvalue weighted by Gasteiger charge is 2.28. The lowest BCUT2D eigenvalue weighted by molar-refractivity contribution is -0.147. The Balaban J connectivity index is 3.92. The number of hydrogen-bond donors (Lipinski definition) is 4. The third kappa shape index (κ3) is 46.9. The van der Waals surface area contributed by atoms with E-state index in [1.54, 1.807) is 0 Å². The molecule has 0 fully saturated rings. The molecule has 0 aromatic heterocycles. The van der Waals surface area contributed by atoms with Crippen LogP contribution in [-0.4, -0.2) is 64.9 Å². The first-order valence-corrected chi connectivity index (χ1v) is 26.8. The number of aliphatic hydroxyl groups excluding tert-OH is 1. The van der Waals surface area contributed by atoms with E-state index < -0.39 is 57.6 Å². The third-order valence-electron chi connectivity index (χ3n) is 10.4. The fourth-order valence-electron chi connectivity index (χ4n) is 6.47. The average Bonchev–Trinajstić information content (AvgIpc) is 3.29. The van der Waals surface area contributed by atoms with Crippen LogP contribution in [0.4, 0.5) is 0 Å². The van der Waals surface area contributed by atoms with Crippen molar-refractivity contribution in [3.63, 3.8) is 0 Å². The minimum atomic E-state index is -4.78. The summed E-state index contributed by atoms with van der Waals surface area (Å²) in [4.78, 5) is 46.1. The van der Waals surface area contributed by atoms with Gasteiger partial charge in [-0.3, -0.25) is 18.6 Å². The van der Waals surface area contributed by atoms with Crippen LogP contribution in [0.15, 0.2) is 97.2 Å². The molecule has 0 aliphatic carbocycles. The molecule has 1 amide bonds. The van der Waals surface area contributed by atoms with Crippen molar-refractivity contribution in [2.75, 3.05) is 19.8 Å². The second-order valence-electron chi connectivity index (χ2n) is 16.6. The molecule has 0 aliphatic heterocycles. The maximum Gasteiger partial charge on any atom is 0.472 e. The van der Waals surface area contributed by atoms with Gasteiger partial charge in [0.15, 0.2) is 6.04 Å². The highest BCUT2D eigenvalue weighted by Crippen LogP contribution is 2.43. The molecular formula is C54H90NO10P. The first-order valence-electron chi connectivity index (χ1n) is 25.3. The molecule has 3 atom stereocenters. The summed E-state index contributed by atoms with van der Waals surface area (Å²) in [6, 6.07) is -1.57. The Bertz CT molecular complexity index is 1480. The van der Waals surface area contributed by atoms with Crippen LogP contribution in [0.2, 0.25) is 0 Å². The Labute approximate surface area is 400 Å². The maximum absolute atomic E-state index is 12.4. The summed E-state index contributed by atoms with van der Waals surface area (Å²) in [6.07, 6.45) is 61.3. The van der Waals surface area contributed by atoms with E-state index in [9.17, 15) is 34.1 Å². The summed E-state index contributed by atoms with van der Waals surface area (Å²) in [5.41, 5.74) is 0. The van der Waals surface area contributed by atoms with Gasteiger partial charge in [-0.25, -0.2) is 9.36 Å².